The summed E-state index contributed by atoms with van der Waals surface area (Å²) in [4.78, 5) is 11.2. The van der Waals surface area contributed by atoms with Gasteiger partial charge in [-0.15, -0.1) is 0 Å². The van der Waals surface area contributed by atoms with Crippen molar-refractivity contribution in [3.63, 3.8) is 0 Å². The van der Waals surface area contributed by atoms with E-state index in [0.717, 1.165) is 0 Å². The number of carbonyl (C=O) groups is 1. The fourth-order valence-corrected chi connectivity index (χ4v) is 2.00. The minimum atomic E-state index is -1.18. The number of carboxylic acid groups (broad SMARTS) is 1. The van der Waals surface area contributed by atoms with Crippen molar-refractivity contribution < 1.29 is 15.0 Å². The van der Waals surface area contributed by atoms with Gasteiger partial charge in [0.2, 0.25) is 0 Å². The van der Waals surface area contributed by atoms with Crippen LogP contribution >= 0.6 is 23.2 Å². The molecule has 2 N–H and O–H groups in total. The molecule has 1 atom stereocenters. The van der Waals surface area contributed by atoms with Crippen LogP contribution in [-0.2, 0) is 10.2 Å². The summed E-state index contributed by atoms with van der Waals surface area (Å²) < 4.78 is 0. The van der Waals surface area contributed by atoms with E-state index in [1.54, 1.807) is 12.1 Å². The molecule has 0 bridgehead atoms. The lowest BCUT2D eigenvalue weighted by Gasteiger charge is -2.24. The van der Waals surface area contributed by atoms with Crippen LogP contribution in [0, 0.1) is 0 Å². The number of rotatable bonds is 4. The van der Waals surface area contributed by atoms with Crippen LogP contribution in [0.2, 0.25) is 10.0 Å². The summed E-state index contributed by atoms with van der Waals surface area (Å²) in [5, 5.41) is 18.9. The summed E-state index contributed by atoms with van der Waals surface area (Å²) in [6.07, 6.45) is 0.110. The molecular formula is C11H12Cl2O3. The molecule has 5 heteroatoms. The number of halogens is 2. The Morgan fingerprint density at radius 3 is 2.19 bits per heavy atom. The first-order valence-electron chi connectivity index (χ1n) is 4.71. The normalized spacial score (nSPS) is 14.5. The fourth-order valence-electron chi connectivity index (χ4n) is 1.47. The van der Waals surface area contributed by atoms with Gasteiger partial charge in [0, 0.05) is 16.7 Å². The molecule has 0 aromatic heterocycles. The van der Waals surface area contributed by atoms with Gasteiger partial charge in [-0.2, -0.15) is 0 Å². The van der Waals surface area contributed by atoms with Crippen molar-refractivity contribution in [2.75, 3.05) is 6.61 Å². The Balaban J connectivity index is 3.25. The zero-order valence-corrected chi connectivity index (χ0v) is 10.2. The minimum Gasteiger partial charge on any atom is -0.481 e. The highest BCUT2D eigenvalue weighted by molar-refractivity contribution is 6.34. The zero-order chi connectivity index (χ0) is 12.3. The van der Waals surface area contributed by atoms with Gasteiger partial charge in [-0.05, 0) is 37.1 Å². The van der Waals surface area contributed by atoms with Crippen molar-refractivity contribution in [1.82, 2.24) is 0 Å². The van der Waals surface area contributed by atoms with Crippen molar-refractivity contribution in [2.24, 2.45) is 0 Å². The van der Waals surface area contributed by atoms with E-state index in [9.17, 15) is 9.90 Å². The van der Waals surface area contributed by atoms with Gasteiger partial charge in [-0.3, -0.25) is 4.79 Å². The van der Waals surface area contributed by atoms with Gasteiger partial charge in [0.15, 0.2) is 0 Å². The molecule has 16 heavy (non-hydrogen) atoms. The Labute approximate surface area is 104 Å². The Morgan fingerprint density at radius 2 is 1.81 bits per heavy atom. The van der Waals surface area contributed by atoms with E-state index in [1.807, 2.05) is 0 Å². The molecule has 3 nitrogen and oxygen atoms in total. The summed E-state index contributed by atoms with van der Waals surface area (Å²) in [5.41, 5.74) is -0.685. The first kappa shape index (κ1) is 13.3. The standard InChI is InChI=1S/C11H12Cl2O3/c1-11(2-3-14,10(15)16)7-4-8(12)6-9(13)5-7/h4-6,14H,2-3H2,1H3,(H,15,16). The first-order valence-corrected chi connectivity index (χ1v) is 5.46. The summed E-state index contributed by atoms with van der Waals surface area (Å²) in [5.74, 6) is -1.01. The Hall–Kier alpha value is -0.770. The third-order valence-corrected chi connectivity index (χ3v) is 3.02. The van der Waals surface area contributed by atoms with Gasteiger partial charge >= 0.3 is 5.97 Å². The van der Waals surface area contributed by atoms with Crippen molar-refractivity contribution in [3.8, 4) is 0 Å². The van der Waals surface area contributed by atoms with Gasteiger partial charge in [0.05, 0.1) is 5.41 Å². The third-order valence-electron chi connectivity index (χ3n) is 2.58. The van der Waals surface area contributed by atoms with E-state index in [0.29, 0.717) is 15.6 Å². The predicted molar refractivity (Wildman–Crippen MR) is 63.2 cm³/mol. The Bertz CT molecular complexity index is 386. The third kappa shape index (κ3) is 2.67. The maximum atomic E-state index is 11.2. The molecule has 0 fully saturated rings. The number of hydrogen-bond donors (Lipinski definition) is 2. The van der Waals surface area contributed by atoms with E-state index in [1.165, 1.54) is 13.0 Å². The second-order valence-electron chi connectivity index (χ2n) is 3.77. The number of aliphatic carboxylic acids is 1. The number of aliphatic hydroxyl groups is 1. The fraction of sp³-hybridized carbons (Fsp3) is 0.364. The molecule has 1 rings (SSSR count). The Morgan fingerprint density at radius 1 is 1.31 bits per heavy atom. The average Bonchev–Trinajstić information content (AvgIpc) is 2.16. The van der Waals surface area contributed by atoms with Crippen LogP contribution in [0.5, 0.6) is 0 Å². The van der Waals surface area contributed by atoms with Crippen LogP contribution in [0.25, 0.3) is 0 Å². The van der Waals surface area contributed by atoms with Gasteiger partial charge in [0.1, 0.15) is 0 Å². The van der Waals surface area contributed by atoms with Crippen LogP contribution in [-0.4, -0.2) is 22.8 Å². The summed E-state index contributed by atoms with van der Waals surface area (Å²) >= 11 is 11.6. The number of carboxylic acids is 1. The summed E-state index contributed by atoms with van der Waals surface area (Å²) in [6.45, 7) is 1.32. The van der Waals surface area contributed by atoms with Gasteiger partial charge in [-0.1, -0.05) is 23.2 Å². The van der Waals surface area contributed by atoms with E-state index in [-0.39, 0.29) is 13.0 Å². The highest BCUT2D eigenvalue weighted by Crippen LogP contribution is 2.32. The quantitative estimate of drug-likeness (QED) is 0.878. The van der Waals surface area contributed by atoms with Crippen molar-refractivity contribution >= 4 is 29.2 Å². The zero-order valence-electron chi connectivity index (χ0n) is 8.70. The highest BCUT2D eigenvalue weighted by atomic mass is 35.5. The smallest absolute Gasteiger partial charge is 0.313 e. The Kier molecular flexibility index (Phi) is 4.19. The maximum absolute atomic E-state index is 11.2. The van der Waals surface area contributed by atoms with Crippen LogP contribution in [0.1, 0.15) is 18.9 Å². The second-order valence-corrected chi connectivity index (χ2v) is 4.64. The number of aliphatic hydroxyl groups excluding tert-OH is 1. The molecule has 0 radical (unpaired) electrons. The summed E-state index contributed by atoms with van der Waals surface area (Å²) in [6, 6.07) is 4.64. The van der Waals surface area contributed by atoms with E-state index in [4.69, 9.17) is 28.3 Å². The molecule has 1 aromatic carbocycles. The first-order chi connectivity index (χ1) is 7.40. The molecule has 0 saturated heterocycles. The van der Waals surface area contributed by atoms with E-state index < -0.39 is 11.4 Å². The SMILES string of the molecule is CC(CCO)(C(=O)O)c1cc(Cl)cc(Cl)c1. The van der Waals surface area contributed by atoms with Crippen molar-refractivity contribution in [2.45, 2.75) is 18.8 Å². The van der Waals surface area contributed by atoms with Crippen LogP contribution in [0.15, 0.2) is 18.2 Å². The summed E-state index contributed by atoms with van der Waals surface area (Å²) in [7, 11) is 0. The van der Waals surface area contributed by atoms with Gasteiger partial charge in [0.25, 0.3) is 0 Å². The minimum absolute atomic E-state index is 0.110. The van der Waals surface area contributed by atoms with E-state index >= 15 is 0 Å². The highest BCUT2D eigenvalue weighted by Gasteiger charge is 2.35. The molecule has 1 unspecified atom stereocenters. The largest absolute Gasteiger partial charge is 0.481 e. The lowest BCUT2D eigenvalue weighted by molar-refractivity contribution is -0.143. The molecule has 1 aromatic rings. The molecule has 0 amide bonds. The van der Waals surface area contributed by atoms with Gasteiger partial charge in [-0.25, -0.2) is 0 Å². The topological polar surface area (TPSA) is 57.5 Å². The maximum Gasteiger partial charge on any atom is 0.313 e. The van der Waals surface area contributed by atoms with Gasteiger partial charge < -0.3 is 10.2 Å². The average molecular weight is 263 g/mol. The molecule has 0 aliphatic carbocycles. The number of benzene rings is 1. The lowest BCUT2D eigenvalue weighted by Crippen LogP contribution is -2.33. The predicted octanol–water partition coefficient (Wildman–Crippen LogP) is 2.72. The van der Waals surface area contributed by atoms with Crippen LogP contribution in [0.3, 0.4) is 0 Å². The molecule has 0 saturated carbocycles. The molecule has 0 aliphatic heterocycles. The van der Waals surface area contributed by atoms with Crippen LogP contribution < -0.4 is 0 Å². The van der Waals surface area contributed by atoms with E-state index in [2.05, 4.69) is 0 Å². The van der Waals surface area contributed by atoms with Crippen molar-refractivity contribution in [1.29, 1.82) is 0 Å². The lowest BCUT2D eigenvalue weighted by atomic mass is 9.80. The van der Waals surface area contributed by atoms with Crippen molar-refractivity contribution in [3.05, 3.63) is 33.8 Å². The molecule has 88 valence electrons. The second kappa shape index (κ2) is 5.04. The monoisotopic (exact) mass is 262 g/mol. The molecule has 0 aliphatic rings. The molecule has 0 spiro atoms. The molecule has 0 heterocycles. The number of hydrogen-bond acceptors (Lipinski definition) is 2. The van der Waals surface area contributed by atoms with Crippen LogP contribution in [0.4, 0.5) is 0 Å². The molecular weight excluding hydrogens is 251 g/mol.